The first-order chi connectivity index (χ1) is 18.0. The third kappa shape index (κ3) is 5.39. The Kier molecular flexibility index (Phi) is 6.46. The van der Waals surface area contributed by atoms with Crippen LogP contribution in [0.3, 0.4) is 0 Å². The van der Waals surface area contributed by atoms with Crippen molar-refractivity contribution in [3.05, 3.63) is 101 Å². The highest BCUT2D eigenvalue weighted by atomic mass is 16.2. The summed E-state index contributed by atoms with van der Waals surface area (Å²) in [5.74, 6) is 6.30. The van der Waals surface area contributed by atoms with Gasteiger partial charge in [0.25, 0.3) is 5.91 Å². The Bertz CT molecular complexity index is 1640. The minimum Gasteiger partial charge on any atom is -0.378 e. The molecule has 2 aromatic carbocycles. The van der Waals surface area contributed by atoms with Crippen molar-refractivity contribution in [3.63, 3.8) is 0 Å². The Balaban J connectivity index is 1.32. The van der Waals surface area contributed by atoms with Crippen LogP contribution in [0.2, 0.25) is 0 Å². The number of ketones is 1. The molecule has 0 bridgehead atoms. The highest BCUT2D eigenvalue weighted by molar-refractivity contribution is 6.08. The molecule has 182 valence electrons. The zero-order valence-corrected chi connectivity index (χ0v) is 20.2. The SMILES string of the molecule is CN(C)c1ccc(C#Cc2cccc(C(=O)Nc3nc4c(C(=O)Cc5ncc[nH]5)cccc4[nH]3)n2)cc1. The molecule has 1 amide bonds. The van der Waals surface area contributed by atoms with Crippen LogP contribution < -0.4 is 10.2 Å². The number of aromatic amines is 2. The number of H-pyrrole nitrogens is 2. The predicted molar refractivity (Wildman–Crippen MR) is 142 cm³/mol. The molecule has 0 atom stereocenters. The lowest BCUT2D eigenvalue weighted by Gasteiger charge is -2.11. The van der Waals surface area contributed by atoms with Gasteiger partial charge in [-0.1, -0.05) is 18.1 Å². The molecule has 0 saturated heterocycles. The molecular formula is C28H23N7O2. The fraction of sp³-hybridized carbons (Fsp3) is 0.107. The van der Waals surface area contributed by atoms with Gasteiger partial charge in [0.05, 0.1) is 11.9 Å². The molecule has 0 fully saturated rings. The number of para-hydroxylation sites is 1. The molecule has 0 aliphatic carbocycles. The molecular weight excluding hydrogens is 466 g/mol. The van der Waals surface area contributed by atoms with Gasteiger partial charge in [-0.05, 0) is 54.5 Å². The quantitative estimate of drug-likeness (QED) is 0.246. The maximum absolute atomic E-state index is 12.9. The molecule has 9 nitrogen and oxygen atoms in total. The summed E-state index contributed by atoms with van der Waals surface area (Å²) in [6.07, 6.45) is 3.39. The molecule has 0 aliphatic heterocycles. The Hall–Kier alpha value is -5.23. The number of amides is 1. The number of nitrogens with one attached hydrogen (secondary N) is 3. The normalized spacial score (nSPS) is 10.5. The number of aromatic nitrogens is 5. The van der Waals surface area contributed by atoms with Gasteiger partial charge in [-0.3, -0.25) is 14.9 Å². The van der Waals surface area contributed by atoms with Crippen LogP contribution in [0.15, 0.2) is 73.1 Å². The van der Waals surface area contributed by atoms with E-state index in [4.69, 9.17) is 0 Å². The first kappa shape index (κ1) is 23.5. The molecule has 0 aliphatic rings. The highest BCUT2D eigenvalue weighted by Crippen LogP contribution is 2.20. The summed E-state index contributed by atoms with van der Waals surface area (Å²) < 4.78 is 0. The summed E-state index contributed by atoms with van der Waals surface area (Å²) in [6.45, 7) is 0. The van der Waals surface area contributed by atoms with E-state index in [9.17, 15) is 9.59 Å². The van der Waals surface area contributed by atoms with Crippen molar-refractivity contribution in [1.29, 1.82) is 0 Å². The number of hydrogen-bond acceptors (Lipinski definition) is 6. The smallest absolute Gasteiger partial charge is 0.276 e. The Morgan fingerprint density at radius 3 is 2.54 bits per heavy atom. The van der Waals surface area contributed by atoms with Crippen molar-refractivity contribution >= 4 is 34.4 Å². The Labute approximate surface area is 213 Å². The maximum Gasteiger partial charge on any atom is 0.276 e. The first-order valence-corrected chi connectivity index (χ1v) is 11.5. The van der Waals surface area contributed by atoms with E-state index in [-0.39, 0.29) is 23.8 Å². The van der Waals surface area contributed by atoms with Crippen molar-refractivity contribution < 1.29 is 9.59 Å². The minimum absolute atomic E-state index is 0.123. The van der Waals surface area contributed by atoms with Crippen molar-refractivity contribution in [3.8, 4) is 11.8 Å². The van der Waals surface area contributed by atoms with Crippen LogP contribution in [0.4, 0.5) is 11.6 Å². The van der Waals surface area contributed by atoms with E-state index in [0.29, 0.717) is 28.1 Å². The Morgan fingerprint density at radius 1 is 0.973 bits per heavy atom. The van der Waals surface area contributed by atoms with Gasteiger partial charge in [-0.2, -0.15) is 0 Å². The van der Waals surface area contributed by atoms with E-state index < -0.39 is 5.91 Å². The zero-order chi connectivity index (χ0) is 25.8. The number of nitrogens with zero attached hydrogens (tertiary/aromatic N) is 4. The van der Waals surface area contributed by atoms with Gasteiger partial charge in [0, 0.05) is 43.3 Å². The predicted octanol–water partition coefficient (Wildman–Crippen LogP) is 3.82. The topological polar surface area (TPSA) is 120 Å². The van der Waals surface area contributed by atoms with Crippen LogP contribution in [-0.4, -0.2) is 50.7 Å². The third-order valence-electron chi connectivity index (χ3n) is 5.63. The monoisotopic (exact) mass is 489 g/mol. The third-order valence-corrected chi connectivity index (χ3v) is 5.63. The van der Waals surface area contributed by atoms with Crippen molar-refractivity contribution in [2.24, 2.45) is 0 Å². The van der Waals surface area contributed by atoms with E-state index in [1.807, 2.05) is 43.3 Å². The summed E-state index contributed by atoms with van der Waals surface area (Å²) in [4.78, 5) is 46.6. The molecule has 0 unspecified atom stereocenters. The van der Waals surface area contributed by atoms with Crippen LogP contribution in [0.25, 0.3) is 11.0 Å². The van der Waals surface area contributed by atoms with Crippen molar-refractivity contribution in [2.45, 2.75) is 6.42 Å². The van der Waals surface area contributed by atoms with Crippen LogP contribution >= 0.6 is 0 Å². The summed E-state index contributed by atoms with van der Waals surface area (Å²) in [5.41, 5.74) is 4.16. The van der Waals surface area contributed by atoms with Gasteiger partial charge in [0.2, 0.25) is 5.95 Å². The number of hydrogen-bond donors (Lipinski definition) is 3. The standard InChI is InChI=1S/C28H23N7O2/c1-35(2)20-13-10-18(11-14-20)9-12-19-5-3-8-23(31-19)27(37)34-28-32-22-7-4-6-21(26(22)33-28)24(36)17-25-29-15-16-30-25/h3-8,10-11,13-16H,17H2,1-2H3,(H,29,30)(H2,32,33,34,37). The van der Waals surface area contributed by atoms with Crippen LogP contribution in [-0.2, 0) is 6.42 Å². The number of carbonyl (C=O) groups excluding carboxylic acids is 2. The molecule has 3 heterocycles. The molecule has 0 saturated carbocycles. The van der Waals surface area contributed by atoms with Crippen LogP contribution in [0, 0.1) is 11.8 Å². The molecule has 0 spiro atoms. The average molecular weight is 490 g/mol. The van der Waals surface area contributed by atoms with Gasteiger partial charge in [0.15, 0.2) is 5.78 Å². The average Bonchev–Trinajstić information content (AvgIpc) is 3.57. The molecule has 3 N–H and O–H groups in total. The maximum atomic E-state index is 12.9. The number of carbonyl (C=O) groups is 2. The van der Waals surface area contributed by atoms with Gasteiger partial charge in [0.1, 0.15) is 22.7 Å². The van der Waals surface area contributed by atoms with E-state index in [1.165, 1.54) is 0 Å². The molecule has 5 rings (SSSR count). The summed E-state index contributed by atoms with van der Waals surface area (Å²) >= 11 is 0. The molecule has 9 heteroatoms. The lowest BCUT2D eigenvalue weighted by atomic mass is 10.1. The Morgan fingerprint density at radius 2 is 1.78 bits per heavy atom. The zero-order valence-electron chi connectivity index (χ0n) is 20.2. The van der Waals surface area contributed by atoms with Gasteiger partial charge < -0.3 is 14.9 Å². The summed E-state index contributed by atoms with van der Waals surface area (Å²) in [6, 6.07) is 18.2. The lowest BCUT2D eigenvalue weighted by molar-refractivity contribution is 0.0990. The van der Waals surface area contributed by atoms with Crippen LogP contribution in [0.1, 0.15) is 37.9 Å². The lowest BCUT2D eigenvalue weighted by Crippen LogP contribution is -2.15. The van der Waals surface area contributed by atoms with Crippen molar-refractivity contribution in [1.82, 2.24) is 24.9 Å². The van der Waals surface area contributed by atoms with Gasteiger partial charge in [-0.25, -0.2) is 15.0 Å². The first-order valence-electron chi connectivity index (χ1n) is 11.5. The van der Waals surface area contributed by atoms with Crippen molar-refractivity contribution in [2.75, 3.05) is 24.3 Å². The van der Waals surface area contributed by atoms with Crippen LogP contribution in [0.5, 0.6) is 0 Å². The fourth-order valence-electron chi connectivity index (χ4n) is 3.74. The fourth-order valence-corrected chi connectivity index (χ4v) is 3.74. The summed E-state index contributed by atoms with van der Waals surface area (Å²) in [5, 5.41) is 2.73. The van der Waals surface area contributed by atoms with E-state index in [2.05, 4.69) is 42.1 Å². The second-order valence-electron chi connectivity index (χ2n) is 8.48. The highest BCUT2D eigenvalue weighted by Gasteiger charge is 2.17. The van der Waals surface area contributed by atoms with E-state index >= 15 is 0 Å². The number of rotatable bonds is 6. The summed E-state index contributed by atoms with van der Waals surface area (Å²) in [7, 11) is 3.96. The number of imidazole rings is 2. The number of pyridine rings is 1. The molecule has 37 heavy (non-hydrogen) atoms. The number of benzene rings is 2. The van der Waals surface area contributed by atoms with E-state index in [1.54, 1.807) is 48.8 Å². The number of fused-ring (bicyclic) bond motifs is 1. The van der Waals surface area contributed by atoms with Gasteiger partial charge in [-0.15, -0.1) is 0 Å². The molecule has 0 radical (unpaired) electrons. The molecule has 5 aromatic rings. The number of anilines is 2. The second kappa shape index (κ2) is 10.2. The second-order valence-corrected chi connectivity index (χ2v) is 8.48. The number of Topliss-reactive ketones (excluding diaryl/α,β-unsaturated/α-hetero) is 1. The molecule has 3 aromatic heterocycles. The minimum atomic E-state index is -0.443. The largest absolute Gasteiger partial charge is 0.378 e. The van der Waals surface area contributed by atoms with Gasteiger partial charge >= 0.3 is 0 Å². The van der Waals surface area contributed by atoms with E-state index in [0.717, 1.165) is 11.3 Å².